The normalized spacial score (nSPS) is 12.0. The number of rotatable bonds is 8. The van der Waals surface area contributed by atoms with Gasteiger partial charge in [0, 0.05) is 18.5 Å². The third-order valence-electron chi connectivity index (χ3n) is 4.88. The van der Waals surface area contributed by atoms with Gasteiger partial charge in [0.15, 0.2) is 0 Å². The van der Waals surface area contributed by atoms with E-state index in [1.54, 1.807) is 36.5 Å². The topological polar surface area (TPSA) is 51.7 Å². The molecule has 2 aromatic carbocycles. The molecule has 0 bridgehead atoms. The number of likely N-dealkylation sites (N-methyl/N-ethyl adjacent to an activating group) is 1. The average molecular weight is 423 g/mol. The maximum absolute atomic E-state index is 12.6. The second kappa shape index (κ2) is 10.1. The zero-order chi connectivity index (χ0) is 21.5. The van der Waals surface area contributed by atoms with Crippen LogP contribution in [0.25, 0.3) is 6.08 Å². The van der Waals surface area contributed by atoms with Crippen molar-refractivity contribution < 1.29 is 14.3 Å². The molecule has 1 amide bonds. The zero-order valence-corrected chi connectivity index (χ0v) is 18.5. The zero-order valence-electron chi connectivity index (χ0n) is 17.7. The number of nitrogens with zero attached hydrogens (tertiary/aromatic N) is 2. The van der Waals surface area contributed by atoms with Crippen molar-refractivity contribution >= 4 is 23.3 Å². The molecular weight excluding hydrogens is 396 g/mol. The lowest BCUT2D eigenvalue weighted by atomic mass is 10.1. The molecule has 1 atom stereocenters. The fourth-order valence-corrected chi connectivity index (χ4v) is 3.49. The monoisotopic (exact) mass is 422 g/mol. The summed E-state index contributed by atoms with van der Waals surface area (Å²) < 4.78 is 10.9. The molecule has 5 nitrogen and oxygen atoms in total. The molecular formula is C24H26N2O3S. The van der Waals surface area contributed by atoms with E-state index >= 15 is 0 Å². The first-order valence-corrected chi connectivity index (χ1v) is 10.6. The van der Waals surface area contributed by atoms with Crippen molar-refractivity contribution in [1.29, 1.82) is 0 Å². The van der Waals surface area contributed by atoms with Crippen LogP contribution in [0.1, 0.15) is 34.8 Å². The molecule has 3 rings (SSSR count). The van der Waals surface area contributed by atoms with Crippen LogP contribution in [0.3, 0.4) is 0 Å². The predicted molar refractivity (Wildman–Crippen MR) is 121 cm³/mol. The maximum atomic E-state index is 12.6. The molecule has 0 saturated carbocycles. The summed E-state index contributed by atoms with van der Waals surface area (Å²) in [5.41, 5.74) is 2.92. The Morgan fingerprint density at radius 3 is 2.40 bits per heavy atom. The molecule has 0 spiro atoms. The standard InChI is InChI=1S/C24H26N2O3S/c1-17(20-8-12-22(28-4)13-9-20)26(3)24(27)14-7-19-5-10-23(11-6-19)29-15-21-16-30-18(2)25-21/h5-14,16-17H,15H2,1-4H3/b14-7+. The van der Waals surface area contributed by atoms with Crippen LogP contribution in [0, 0.1) is 6.92 Å². The van der Waals surface area contributed by atoms with Gasteiger partial charge in [-0.25, -0.2) is 4.98 Å². The quantitative estimate of drug-likeness (QED) is 0.464. The van der Waals surface area contributed by atoms with E-state index in [1.807, 2.05) is 73.8 Å². The number of aryl methyl sites for hydroxylation is 1. The van der Waals surface area contributed by atoms with Gasteiger partial charge in [0.25, 0.3) is 0 Å². The third-order valence-corrected chi connectivity index (χ3v) is 5.70. The number of hydrogen-bond donors (Lipinski definition) is 0. The van der Waals surface area contributed by atoms with Gasteiger partial charge in [-0.05, 0) is 55.3 Å². The lowest BCUT2D eigenvalue weighted by Crippen LogP contribution is -2.27. The van der Waals surface area contributed by atoms with Crippen molar-refractivity contribution in [2.75, 3.05) is 14.2 Å². The first-order chi connectivity index (χ1) is 14.5. The molecule has 0 saturated heterocycles. The maximum Gasteiger partial charge on any atom is 0.246 e. The summed E-state index contributed by atoms with van der Waals surface area (Å²) in [5.74, 6) is 1.51. The molecule has 1 aromatic heterocycles. The number of benzene rings is 2. The fraction of sp³-hybridized carbons (Fsp3) is 0.250. The van der Waals surface area contributed by atoms with Gasteiger partial charge >= 0.3 is 0 Å². The Kier molecular flexibility index (Phi) is 7.25. The summed E-state index contributed by atoms with van der Waals surface area (Å²) in [4.78, 5) is 18.7. The van der Waals surface area contributed by atoms with Crippen molar-refractivity contribution in [3.63, 3.8) is 0 Å². The van der Waals surface area contributed by atoms with Gasteiger partial charge < -0.3 is 14.4 Å². The van der Waals surface area contributed by atoms with E-state index < -0.39 is 0 Å². The number of carbonyl (C=O) groups is 1. The fourth-order valence-electron chi connectivity index (χ4n) is 2.89. The average Bonchev–Trinajstić information content (AvgIpc) is 3.20. The summed E-state index contributed by atoms with van der Waals surface area (Å²) in [6.07, 6.45) is 3.40. The Balaban J connectivity index is 1.55. The summed E-state index contributed by atoms with van der Waals surface area (Å²) in [5, 5.41) is 3.03. The highest BCUT2D eigenvalue weighted by Gasteiger charge is 2.15. The highest BCUT2D eigenvalue weighted by molar-refractivity contribution is 7.09. The molecule has 1 unspecified atom stereocenters. The highest BCUT2D eigenvalue weighted by atomic mass is 32.1. The number of methoxy groups -OCH3 is 1. The van der Waals surface area contributed by atoms with Crippen LogP contribution in [0.15, 0.2) is 60.0 Å². The molecule has 0 aliphatic carbocycles. The molecule has 30 heavy (non-hydrogen) atoms. The van der Waals surface area contributed by atoms with Crippen molar-refractivity contribution in [2.24, 2.45) is 0 Å². The van der Waals surface area contributed by atoms with E-state index in [2.05, 4.69) is 4.98 Å². The van der Waals surface area contributed by atoms with Crippen LogP contribution in [-0.4, -0.2) is 29.9 Å². The Morgan fingerprint density at radius 2 is 1.80 bits per heavy atom. The molecule has 0 N–H and O–H groups in total. The molecule has 0 aliphatic heterocycles. The van der Waals surface area contributed by atoms with Gasteiger partial charge in [0.2, 0.25) is 5.91 Å². The van der Waals surface area contributed by atoms with Crippen LogP contribution >= 0.6 is 11.3 Å². The van der Waals surface area contributed by atoms with Gasteiger partial charge in [-0.15, -0.1) is 11.3 Å². The Bertz CT molecular complexity index is 994. The first kappa shape index (κ1) is 21.6. The molecule has 156 valence electrons. The summed E-state index contributed by atoms with van der Waals surface area (Å²) in [6, 6.07) is 15.4. The number of thiazole rings is 1. The van der Waals surface area contributed by atoms with Gasteiger partial charge in [-0.1, -0.05) is 24.3 Å². The second-order valence-electron chi connectivity index (χ2n) is 6.95. The molecule has 1 heterocycles. The van der Waals surface area contributed by atoms with Crippen LogP contribution in [0.4, 0.5) is 0 Å². The smallest absolute Gasteiger partial charge is 0.246 e. The minimum Gasteiger partial charge on any atom is -0.497 e. The van der Waals surface area contributed by atoms with E-state index in [-0.39, 0.29) is 11.9 Å². The number of aromatic nitrogens is 1. The van der Waals surface area contributed by atoms with Crippen LogP contribution < -0.4 is 9.47 Å². The third kappa shape index (κ3) is 5.70. The Hall–Kier alpha value is -3.12. The van der Waals surface area contributed by atoms with Crippen molar-refractivity contribution in [3.8, 4) is 11.5 Å². The van der Waals surface area contributed by atoms with E-state index in [1.165, 1.54) is 0 Å². The largest absolute Gasteiger partial charge is 0.497 e. The molecule has 0 fully saturated rings. The summed E-state index contributed by atoms with van der Waals surface area (Å²) in [7, 11) is 3.44. The van der Waals surface area contributed by atoms with Crippen LogP contribution in [0.2, 0.25) is 0 Å². The van der Waals surface area contributed by atoms with E-state index in [0.717, 1.165) is 33.3 Å². The number of hydrogen-bond acceptors (Lipinski definition) is 5. The van der Waals surface area contributed by atoms with E-state index in [9.17, 15) is 4.79 Å². The van der Waals surface area contributed by atoms with E-state index in [0.29, 0.717) is 6.61 Å². The lowest BCUT2D eigenvalue weighted by Gasteiger charge is -2.24. The number of amides is 1. The van der Waals surface area contributed by atoms with E-state index in [4.69, 9.17) is 9.47 Å². The van der Waals surface area contributed by atoms with Gasteiger partial charge in [-0.3, -0.25) is 4.79 Å². The first-order valence-electron chi connectivity index (χ1n) is 9.69. The van der Waals surface area contributed by atoms with Gasteiger partial charge in [-0.2, -0.15) is 0 Å². The number of carbonyl (C=O) groups excluding carboxylic acids is 1. The van der Waals surface area contributed by atoms with Crippen molar-refractivity contribution in [3.05, 3.63) is 81.8 Å². The van der Waals surface area contributed by atoms with Crippen molar-refractivity contribution in [2.45, 2.75) is 26.5 Å². The number of ether oxygens (including phenoxy) is 2. The Morgan fingerprint density at radius 1 is 1.13 bits per heavy atom. The molecule has 3 aromatic rings. The summed E-state index contributed by atoms with van der Waals surface area (Å²) in [6.45, 7) is 4.43. The van der Waals surface area contributed by atoms with Gasteiger partial charge in [0.05, 0.1) is 23.9 Å². The lowest BCUT2D eigenvalue weighted by molar-refractivity contribution is -0.126. The molecule has 0 aliphatic rings. The van der Waals surface area contributed by atoms with Crippen LogP contribution in [-0.2, 0) is 11.4 Å². The SMILES string of the molecule is COc1ccc(C(C)N(C)C(=O)/C=C/c2ccc(OCc3csc(C)n3)cc2)cc1. The molecule has 0 radical (unpaired) electrons. The Labute approximate surface area is 181 Å². The minimum absolute atomic E-state index is 0.0433. The minimum atomic E-state index is -0.0578. The van der Waals surface area contributed by atoms with Crippen molar-refractivity contribution in [1.82, 2.24) is 9.88 Å². The summed E-state index contributed by atoms with van der Waals surface area (Å²) >= 11 is 1.61. The predicted octanol–water partition coefficient (Wildman–Crippen LogP) is 5.27. The second-order valence-corrected chi connectivity index (χ2v) is 8.01. The van der Waals surface area contributed by atoms with Gasteiger partial charge in [0.1, 0.15) is 18.1 Å². The molecule has 6 heteroatoms. The van der Waals surface area contributed by atoms with Crippen LogP contribution in [0.5, 0.6) is 11.5 Å². The highest BCUT2D eigenvalue weighted by Crippen LogP contribution is 2.22.